The summed E-state index contributed by atoms with van der Waals surface area (Å²) in [6.45, 7) is 1.42. The van der Waals surface area contributed by atoms with Gasteiger partial charge >= 0.3 is 6.03 Å². The van der Waals surface area contributed by atoms with Crippen molar-refractivity contribution in [3.05, 3.63) is 23.8 Å². The third-order valence-corrected chi connectivity index (χ3v) is 4.41. The summed E-state index contributed by atoms with van der Waals surface area (Å²) in [4.78, 5) is 23.6. The quantitative estimate of drug-likeness (QED) is 0.763. The normalized spacial score (nSPS) is 23.7. The zero-order chi connectivity index (χ0) is 15.8. The van der Waals surface area contributed by atoms with Gasteiger partial charge < -0.3 is 25.4 Å². The first kappa shape index (κ1) is 14.2. The highest BCUT2D eigenvalue weighted by Crippen LogP contribution is 2.43. The number of amides is 3. The summed E-state index contributed by atoms with van der Waals surface area (Å²) >= 11 is 0. The average molecular weight is 317 g/mol. The second-order valence-corrected chi connectivity index (χ2v) is 6.13. The number of benzene rings is 1. The first-order valence-corrected chi connectivity index (χ1v) is 7.95. The van der Waals surface area contributed by atoms with Crippen LogP contribution in [0.2, 0.25) is 0 Å². The topological polar surface area (TPSA) is 88.7 Å². The molecule has 3 amide bonds. The lowest BCUT2D eigenvalue weighted by atomic mass is 10.0. The summed E-state index contributed by atoms with van der Waals surface area (Å²) < 4.78 is 11.2. The predicted molar refractivity (Wildman–Crippen MR) is 81.4 cm³/mol. The van der Waals surface area contributed by atoms with Crippen LogP contribution in [0.4, 0.5) is 4.79 Å². The molecule has 1 aliphatic carbocycles. The zero-order valence-corrected chi connectivity index (χ0v) is 12.6. The number of urea groups is 1. The van der Waals surface area contributed by atoms with Crippen molar-refractivity contribution < 1.29 is 19.1 Å². The molecule has 2 unspecified atom stereocenters. The van der Waals surface area contributed by atoms with Crippen LogP contribution in [0.15, 0.2) is 18.2 Å². The maximum absolute atomic E-state index is 12.4. The van der Waals surface area contributed by atoms with Gasteiger partial charge in [-0.15, -0.1) is 0 Å². The van der Waals surface area contributed by atoms with Gasteiger partial charge in [0, 0.05) is 6.54 Å². The molecule has 1 aromatic carbocycles. The van der Waals surface area contributed by atoms with Gasteiger partial charge in [0.05, 0.1) is 6.04 Å². The standard InChI is InChI=1S/C16H19N3O4/c20-15(11-8-17-16(21)18-11)19-14(9-1-2-9)10-3-4-12-13(7-10)23-6-5-22-12/h3-4,7,9,11,14H,1-2,5-6,8H2,(H,19,20)(H2,17,18,21). The van der Waals surface area contributed by atoms with Gasteiger partial charge in [0.1, 0.15) is 19.3 Å². The monoisotopic (exact) mass is 317 g/mol. The lowest BCUT2D eigenvalue weighted by Gasteiger charge is -2.24. The fourth-order valence-electron chi connectivity index (χ4n) is 3.02. The van der Waals surface area contributed by atoms with Crippen LogP contribution in [0.5, 0.6) is 11.5 Å². The maximum Gasteiger partial charge on any atom is 0.315 e. The summed E-state index contributed by atoms with van der Waals surface area (Å²) in [6, 6.07) is 4.94. The van der Waals surface area contributed by atoms with Crippen LogP contribution in [0.3, 0.4) is 0 Å². The Kier molecular flexibility index (Phi) is 3.48. The Labute approximate surface area is 133 Å². The number of carbonyl (C=O) groups excluding carboxylic acids is 2. The molecule has 0 aromatic heterocycles. The van der Waals surface area contributed by atoms with Crippen LogP contribution in [0.25, 0.3) is 0 Å². The van der Waals surface area contributed by atoms with Crippen LogP contribution in [0, 0.1) is 5.92 Å². The highest BCUT2D eigenvalue weighted by Gasteiger charge is 2.36. The number of carbonyl (C=O) groups is 2. The van der Waals surface area contributed by atoms with Gasteiger partial charge in [-0.1, -0.05) is 6.07 Å². The first-order chi connectivity index (χ1) is 11.2. The van der Waals surface area contributed by atoms with Crippen molar-refractivity contribution in [2.75, 3.05) is 19.8 Å². The van der Waals surface area contributed by atoms with Crippen LogP contribution in [0.1, 0.15) is 24.4 Å². The summed E-state index contributed by atoms with van der Waals surface area (Å²) in [7, 11) is 0. The van der Waals surface area contributed by atoms with Gasteiger partial charge in [0.2, 0.25) is 5.91 Å². The molecule has 2 aliphatic heterocycles. The predicted octanol–water partition coefficient (Wildman–Crippen LogP) is 0.706. The van der Waals surface area contributed by atoms with Crippen molar-refractivity contribution in [1.82, 2.24) is 16.0 Å². The number of ether oxygens (including phenoxy) is 2. The second-order valence-electron chi connectivity index (χ2n) is 6.13. The number of fused-ring (bicyclic) bond motifs is 1. The number of nitrogens with one attached hydrogen (secondary N) is 3. The second kappa shape index (κ2) is 5.64. The van der Waals surface area contributed by atoms with Crippen molar-refractivity contribution in [1.29, 1.82) is 0 Å². The summed E-state index contributed by atoms with van der Waals surface area (Å²) in [5, 5.41) is 8.29. The molecule has 1 saturated carbocycles. The number of rotatable bonds is 4. The van der Waals surface area contributed by atoms with E-state index in [4.69, 9.17) is 9.47 Å². The molecule has 2 fully saturated rings. The number of hydrogen-bond donors (Lipinski definition) is 3. The Balaban J connectivity index is 1.51. The van der Waals surface area contributed by atoms with E-state index in [0.29, 0.717) is 25.7 Å². The lowest BCUT2D eigenvalue weighted by molar-refractivity contribution is -0.123. The molecular formula is C16H19N3O4. The van der Waals surface area contributed by atoms with Gasteiger partial charge in [0.15, 0.2) is 11.5 Å². The number of hydrogen-bond acceptors (Lipinski definition) is 4. The van der Waals surface area contributed by atoms with E-state index in [2.05, 4.69) is 16.0 Å². The highest BCUT2D eigenvalue weighted by atomic mass is 16.6. The van der Waals surface area contributed by atoms with Gasteiger partial charge in [-0.05, 0) is 36.5 Å². The molecule has 0 bridgehead atoms. The maximum atomic E-state index is 12.4. The molecule has 3 N–H and O–H groups in total. The van der Waals surface area contributed by atoms with Crippen LogP contribution in [-0.4, -0.2) is 37.7 Å². The van der Waals surface area contributed by atoms with Gasteiger partial charge in [-0.25, -0.2) is 4.79 Å². The van der Waals surface area contributed by atoms with E-state index in [1.165, 1.54) is 0 Å². The molecular weight excluding hydrogens is 298 g/mol. The van der Waals surface area contributed by atoms with Crippen LogP contribution in [-0.2, 0) is 4.79 Å². The van der Waals surface area contributed by atoms with Crippen molar-refractivity contribution in [2.45, 2.75) is 24.9 Å². The Hall–Kier alpha value is -2.44. The molecule has 2 heterocycles. The minimum Gasteiger partial charge on any atom is -0.486 e. The molecule has 7 nitrogen and oxygen atoms in total. The van der Waals surface area contributed by atoms with Gasteiger partial charge in [-0.2, -0.15) is 0 Å². The molecule has 1 aromatic rings. The van der Waals surface area contributed by atoms with Crippen molar-refractivity contribution in [2.24, 2.45) is 5.92 Å². The summed E-state index contributed by atoms with van der Waals surface area (Å²) in [5.41, 5.74) is 1.02. The van der Waals surface area contributed by atoms with Crippen molar-refractivity contribution >= 4 is 11.9 Å². The van der Waals surface area contributed by atoms with Crippen molar-refractivity contribution in [3.63, 3.8) is 0 Å². The smallest absolute Gasteiger partial charge is 0.315 e. The minimum absolute atomic E-state index is 0.0594. The molecule has 2 atom stereocenters. The largest absolute Gasteiger partial charge is 0.486 e. The molecule has 3 aliphatic rings. The summed E-state index contributed by atoms with van der Waals surface area (Å²) in [5.74, 6) is 1.75. The van der Waals surface area contributed by atoms with Crippen molar-refractivity contribution in [3.8, 4) is 11.5 Å². The van der Waals surface area contributed by atoms with E-state index in [9.17, 15) is 9.59 Å². The lowest BCUT2D eigenvalue weighted by Crippen LogP contribution is -2.44. The fraction of sp³-hybridized carbons (Fsp3) is 0.500. The van der Waals surface area contributed by atoms with E-state index in [1.807, 2.05) is 18.2 Å². The molecule has 0 radical (unpaired) electrons. The van der Waals surface area contributed by atoms with Crippen LogP contribution < -0.4 is 25.4 Å². The van der Waals surface area contributed by atoms with E-state index in [-0.39, 0.29) is 18.0 Å². The zero-order valence-electron chi connectivity index (χ0n) is 12.6. The Bertz CT molecular complexity index is 644. The summed E-state index contributed by atoms with van der Waals surface area (Å²) in [6.07, 6.45) is 2.18. The average Bonchev–Trinajstić information content (AvgIpc) is 3.32. The third-order valence-electron chi connectivity index (χ3n) is 4.41. The van der Waals surface area contributed by atoms with Crippen LogP contribution >= 0.6 is 0 Å². The highest BCUT2D eigenvalue weighted by molar-refractivity contribution is 5.90. The van der Waals surface area contributed by atoms with E-state index < -0.39 is 6.04 Å². The SMILES string of the molecule is O=C1NCC(C(=O)NC(c2ccc3c(c2)OCCO3)C2CC2)N1. The Morgan fingerprint density at radius 1 is 1.22 bits per heavy atom. The third kappa shape index (κ3) is 2.91. The van der Waals surface area contributed by atoms with Gasteiger partial charge in [0.25, 0.3) is 0 Å². The molecule has 4 rings (SSSR count). The molecule has 7 heteroatoms. The minimum atomic E-state index is -0.513. The molecule has 1 saturated heterocycles. The van der Waals surface area contributed by atoms with Gasteiger partial charge in [-0.3, -0.25) is 4.79 Å². The first-order valence-electron chi connectivity index (χ1n) is 7.95. The molecule has 122 valence electrons. The molecule has 23 heavy (non-hydrogen) atoms. The van der Waals surface area contributed by atoms with E-state index >= 15 is 0 Å². The molecule has 0 spiro atoms. The Morgan fingerprint density at radius 2 is 2.00 bits per heavy atom. The Morgan fingerprint density at radius 3 is 2.70 bits per heavy atom. The van der Waals surface area contributed by atoms with E-state index in [1.54, 1.807) is 0 Å². The fourth-order valence-corrected chi connectivity index (χ4v) is 3.02. The van der Waals surface area contributed by atoms with E-state index in [0.717, 1.165) is 29.9 Å².